The molecule has 4 heterocycles. The summed E-state index contributed by atoms with van der Waals surface area (Å²) in [5, 5.41) is 162. The van der Waals surface area contributed by atoms with E-state index in [0.29, 0.717) is 38.5 Å². The van der Waals surface area contributed by atoms with Crippen LogP contribution in [-0.2, 0) is 37.9 Å². The average Bonchev–Trinajstić information content (AvgIpc) is 3.96. The monoisotopic (exact) mass is 1110 g/mol. The Morgan fingerprint density at radius 2 is 1.05 bits per heavy atom. The van der Waals surface area contributed by atoms with Gasteiger partial charge in [-0.1, -0.05) is 46.3 Å². The first-order chi connectivity index (χ1) is 36.0. The van der Waals surface area contributed by atoms with Crippen LogP contribution in [-0.4, -0.2) is 244 Å². The van der Waals surface area contributed by atoms with Gasteiger partial charge in [-0.05, 0) is 124 Å². The lowest BCUT2D eigenvalue weighted by Gasteiger charge is -2.71. The fraction of sp³-hybridized carbons (Fsp3) is 0.963. The SMILES string of the molecule is CC(C)=CCC[C@](C)(O[C@@H]1OC(CO[C@@H]2OC(CO)[C@@H](O)[C@H](O)C2O)[C@@H](O)[C@H](O)C1O)C1CC[C@]2(C)C1[C@H](O)CC1[C@@]3(C)CC[C@H](O[C@@H]4OC(CO)[C@@H](O)[C@H](O)C4O[C@@H]4OC(CO)[C@@H](O)[C@H](O)C4O)C(C)(C)C3CC[C@]12C. The maximum atomic E-state index is 12.8. The number of rotatable bonds is 16. The van der Waals surface area contributed by atoms with Gasteiger partial charge in [0.2, 0.25) is 0 Å². The summed E-state index contributed by atoms with van der Waals surface area (Å²) in [6.45, 7) is 14.6. The first-order valence-corrected chi connectivity index (χ1v) is 27.9. The van der Waals surface area contributed by atoms with Gasteiger partial charge in [0.05, 0.1) is 44.2 Å². The van der Waals surface area contributed by atoms with E-state index in [9.17, 15) is 76.6 Å². The van der Waals surface area contributed by atoms with Gasteiger partial charge in [0.1, 0.15) is 97.7 Å². The second kappa shape index (κ2) is 23.5. The lowest BCUT2D eigenvalue weighted by Crippen LogP contribution is -2.68. The van der Waals surface area contributed by atoms with E-state index >= 15 is 0 Å². The number of hydrogen-bond donors (Lipinski definition) is 15. The topological polar surface area (TPSA) is 377 Å². The van der Waals surface area contributed by atoms with E-state index in [1.807, 2.05) is 20.8 Å². The highest BCUT2D eigenvalue weighted by atomic mass is 16.8. The van der Waals surface area contributed by atoms with Crippen LogP contribution in [0.4, 0.5) is 0 Å². The zero-order valence-electron chi connectivity index (χ0n) is 45.8. The van der Waals surface area contributed by atoms with Crippen LogP contribution in [0, 0.1) is 45.3 Å². The lowest BCUT2D eigenvalue weighted by molar-refractivity contribution is -0.378. The molecule has 30 atom stereocenters. The molecule has 0 aromatic rings. The molecular weight excluding hydrogens is 1020 g/mol. The molecule has 4 aliphatic heterocycles. The van der Waals surface area contributed by atoms with Gasteiger partial charge in [0, 0.05) is 0 Å². The van der Waals surface area contributed by atoms with E-state index in [4.69, 9.17) is 37.9 Å². The van der Waals surface area contributed by atoms with E-state index < -0.39 is 178 Å². The van der Waals surface area contributed by atoms with Gasteiger partial charge in [0.25, 0.3) is 0 Å². The molecule has 77 heavy (non-hydrogen) atoms. The third kappa shape index (κ3) is 10.9. The number of aliphatic hydroxyl groups is 15. The minimum absolute atomic E-state index is 0.0374. The highest BCUT2D eigenvalue weighted by Crippen LogP contribution is 2.76. The molecule has 0 aromatic carbocycles. The van der Waals surface area contributed by atoms with Crippen LogP contribution in [0.3, 0.4) is 0 Å². The van der Waals surface area contributed by atoms with Crippen LogP contribution in [0.15, 0.2) is 11.6 Å². The van der Waals surface area contributed by atoms with Crippen molar-refractivity contribution in [3.63, 3.8) is 0 Å². The van der Waals surface area contributed by atoms with Crippen LogP contribution in [0.5, 0.6) is 0 Å². The second-order valence-electron chi connectivity index (χ2n) is 25.7. The minimum atomic E-state index is -1.82. The Morgan fingerprint density at radius 1 is 0.545 bits per heavy atom. The summed E-state index contributed by atoms with van der Waals surface area (Å²) in [4.78, 5) is 0. The second-order valence-corrected chi connectivity index (χ2v) is 25.7. The molecule has 23 nitrogen and oxygen atoms in total. The van der Waals surface area contributed by atoms with Crippen molar-refractivity contribution in [2.24, 2.45) is 45.3 Å². The van der Waals surface area contributed by atoms with Gasteiger partial charge >= 0.3 is 0 Å². The van der Waals surface area contributed by atoms with Crippen molar-refractivity contribution in [3.8, 4) is 0 Å². The number of fused-ring (bicyclic) bond motifs is 5. The van der Waals surface area contributed by atoms with Gasteiger partial charge in [-0.2, -0.15) is 0 Å². The Hall–Kier alpha value is -1.18. The van der Waals surface area contributed by atoms with E-state index in [2.05, 4.69) is 40.7 Å². The maximum Gasteiger partial charge on any atom is 0.187 e. The fourth-order valence-electron chi connectivity index (χ4n) is 16.3. The smallest absolute Gasteiger partial charge is 0.187 e. The summed E-state index contributed by atoms with van der Waals surface area (Å²) in [5.41, 5.74) is -1.59. The molecule has 12 unspecified atom stereocenters. The summed E-state index contributed by atoms with van der Waals surface area (Å²) in [6.07, 6.45) is -25.2. The van der Waals surface area contributed by atoms with Crippen molar-refractivity contribution in [2.75, 3.05) is 26.4 Å². The molecule has 0 aromatic heterocycles. The van der Waals surface area contributed by atoms with Crippen LogP contribution in [0.25, 0.3) is 0 Å². The molecule has 15 N–H and O–H groups in total. The summed E-state index contributed by atoms with van der Waals surface area (Å²) < 4.78 is 48.9. The summed E-state index contributed by atoms with van der Waals surface area (Å²) in [6, 6.07) is 0. The van der Waals surface area contributed by atoms with E-state index in [1.54, 1.807) is 0 Å². The average molecular weight is 1110 g/mol. The Kier molecular flexibility index (Phi) is 18.9. The van der Waals surface area contributed by atoms with E-state index in [1.165, 1.54) is 0 Å². The number of ether oxygens (including phenoxy) is 8. The van der Waals surface area contributed by atoms with Gasteiger partial charge in [-0.3, -0.25) is 0 Å². The number of hydrogen-bond acceptors (Lipinski definition) is 23. The quantitative estimate of drug-likeness (QED) is 0.0576. The third-order valence-electron chi connectivity index (χ3n) is 20.9. The molecule has 23 heteroatoms. The van der Waals surface area contributed by atoms with Crippen LogP contribution in [0.1, 0.15) is 113 Å². The van der Waals surface area contributed by atoms with Crippen molar-refractivity contribution >= 4 is 0 Å². The largest absolute Gasteiger partial charge is 0.394 e. The number of aliphatic hydroxyl groups excluding tert-OH is 15. The van der Waals surface area contributed by atoms with Gasteiger partial charge < -0.3 is 114 Å². The Morgan fingerprint density at radius 3 is 1.64 bits per heavy atom. The zero-order valence-corrected chi connectivity index (χ0v) is 45.8. The predicted octanol–water partition coefficient (Wildman–Crippen LogP) is -2.20. The van der Waals surface area contributed by atoms with E-state index in [0.717, 1.165) is 24.8 Å². The van der Waals surface area contributed by atoms with Crippen molar-refractivity contribution < 1.29 is 114 Å². The minimum Gasteiger partial charge on any atom is -0.394 e. The summed E-state index contributed by atoms with van der Waals surface area (Å²) >= 11 is 0. The van der Waals surface area contributed by atoms with Crippen molar-refractivity contribution in [1.82, 2.24) is 0 Å². The van der Waals surface area contributed by atoms with Gasteiger partial charge in [-0.15, -0.1) is 0 Å². The molecule has 0 bridgehead atoms. The summed E-state index contributed by atoms with van der Waals surface area (Å²) in [5.74, 6) is -0.475. The first kappa shape index (κ1) is 61.9. The normalized spacial score (nSPS) is 52.7. The molecule has 4 saturated carbocycles. The Labute approximate surface area is 450 Å². The molecule has 0 amide bonds. The molecule has 8 fully saturated rings. The van der Waals surface area contributed by atoms with E-state index in [-0.39, 0.29) is 34.5 Å². The highest BCUT2D eigenvalue weighted by molar-refractivity contribution is 5.20. The highest BCUT2D eigenvalue weighted by Gasteiger charge is 2.72. The predicted molar refractivity (Wildman–Crippen MR) is 266 cm³/mol. The van der Waals surface area contributed by atoms with Gasteiger partial charge in [0.15, 0.2) is 25.2 Å². The lowest BCUT2D eigenvalue weighted by atomic mass is 9.35. The molecule has 4 saturated heterocycles. The first-order valence-electron chi connectivity index (χ1n) is 27.9. The molecule has 446 valence electrons. The molecule has 8 rings (SSSR count). The third-order valence-corrected chi connectivity index (χ3v) is 20.9. The van der Waals surface area contributed by atoms with Crippen LogP contribution < -0.4 is 0 Å². The molecule has 0 radical (unpaired) electrons. The maximum absolute atomic E-state index is 12.8. The summed E-state index contributed by atoms with van der Waals surface area (Å²) in [7, 11) is 0. The van der Waals surface area contributed by atoms with Crippen molar-refractivity contribution in [3.05, 3.63) is 11.6 Å². The standard InChI is InChI=1S/C54H92O23/c1-23(2)10-9-14-54(8,77-48-44(69)40(65)37(62)29(74-48)22-70-46-42(67)38(63)34(59)26(19-55)71-46)24-11-16-53(7)33(24)25(58)18-31-51(5)15-13-32(50(3,4)30(51)12-17-52(31,53)6)75-49-45(41(66)36(61)28(21-57)73-49)76-47-43(68)39(64)35(60)27(20-56)72-47/h10,24-49,55-69H,9,11-22H2,1-8H3/t24?,25-,26?,27?,28?,29?,30?,31?,32+,33?,34-,35-,36-,37-,38+,39+,40+,41+,42?,43?,44?,45?,46-,47+,48+,49+,51+,52-,53-,54+/m1/s1. The van der Waals surface area contributed by atoms with Crippen molar-refractivity contribution in [1.29, 1.82) is 0 Å². The zero-order chi connectivity index (χ0) is 56.6. The molecule has 0 spiro atoms. The fourth-order valence-corrected chi connectivity index (χ4v) is 16.3. The molecular formula is C54H92O23. The Bertz CT molecular complexity index is 1990. The number of allylic oxidation sites excluding steroid dienone is 2. The van der Waals surface area contributed by atoms with Crippen LogP contribution >= 0.6 is 0 Å². The molecule has 4 aliphatic carbocycles. The van der Waals surface area contributed by atoms with Crippen molar-refractivity contribution in [2.45, 2.75) is 254 Å². The van der Waals surface area contributed by atoms with Gasteiger partial charge in [-0.25, -0.2) is 0 Å². The molecule has 8 aliphatic rings. The van der Waals surface area contributed by atoms with Crippen LogP contribution in [0.2, 0.25) is 0 Å². The Balaban J connectivity index is 1.01.